The molecule has 3 nitrogen and oxygen atoms in total. The molecule has 1 aromatic heterocycles. The van der Waals surface area contributed by atoms with Gasteiger partial charge in [0.05, 0.1) is 0 Å². The Morgan fingerprint density at radius 2 is 1.38 bits per heavy atom. The molecule has 26 heavy (non-hydrogen) atoms. The van der Waals surface area contributed by atoms with Gasteiger partial charge in [0.15, 0.2) is 5.01 Å². The molecule has 0 atom stereocenters. The Kier molecular flexibility index (Phi) is 5.09. The van der Waals surface area contributed by atoms with Gasteiger partial charge >= 0.3 is 0 Å². The van der Waals surface area contributed by atoms with Crippen molar-refractivity contribution < 1.29 is 4.74 Å². The number of nitrogens with zero attached hydrogens (tertiary/aromatic N) is 2. The lowest BCUT2D eigenvalue weighted by molar-refractivity contribution is 0.304. The molecule has 0 fully saturated rings. The third kappa shape index (κ3) is 4.00. The van der Waals surface area contributed by atoms with E-state index in [-0.39, 0.29) is 0 Å². The summed E-state index contributed by atoms with van der Waals surface area (Å²) in [5, 5.41) is 10.2. The number of halogens is 1. The average molecular weight is 423 g/mol. The summed E-state index contributed by atoms with van der Waals surface area (Å²) < 4.78 is 6.90. The van der Waals surface area contributed by atoms with Crippen LogP contribution in [0.2, 0.25) is 0 Å². The van der Waals surface area contributed by atoms with Crippen LogP contribution in [0.4, 0.5) is 0 Å². The van der Waals surface area contributed by atoms with Crippen LogP contribution in [0, 0.1) is 0 Å². The number of benzene rings is 3. The largest absolute Gasteiger partial charge is 0.486 e. The first-order valence-electron chi connectivity index (χ1n) is 8.14. The summed E-state index contributed by atoms with van der Waals surface area (Å²) >= 11 is 4.99. The molecular weight excluding hydrogens is 408 g/mol. The highest BCUT2D eigenvalue weighted by Crippen LogP contribution is 2.26. The summed E-state index contributed by atoms with van der Waals surface area (Å²) in [6, 6.07) is 26.5. The van der Waals surface area contributed by atoms with E-state index in [1.165, 1.54) is 11.1 Å². The number of hydrogen-bond acceptors (Lipinski definition) is 4. The summed E-state index contributed by atoms with van der Waals surface area (Å²) in [5.74, 6) is 0.824. The van der Waals surface area contributed by atoms with Crippen LogP contribution in [0.15, 0.2) is 83.3 Å². The van der Waals surface area contributed by atoms with E-state index in [1.807, 2.05) is 54.6 Å². The van der Waals surface area contributed by atoms with Gasteiger partial charge in [-0.15, -0.1) is 10.2 Å². The molecule has 0 unspecified atom stereocenters. The summed E-state index contributed by atoms with van der Waals surface area (Å²) in [4.78, 5) is 0. The van der Waals surface area contributed by atoms with Gasteiger partial charge in [0, 0.05) is 10.0 Å². The molecule has 5 heteroatoms. The van der Waals surface area contributed by atoms with Crippen molar-refractivity contribution in [1.29, 1.82) is 0 Å². The number of hydrogen-bond donors (Lipinski definition) is 0. The van der Waals surface area contributed by atoms with E-state index in [9.17, 15) is 0 Å². The molecule has 0 spiro atoms. The van der Waals surface area contributed by atoms with E-state index < -0.39 is 0 Å². The molecule has 0 saturated carbocycles. The standard InChI is InChI=1S/C21H15BrN2OS/c22-18-10-6-17(7-11-18)21-24-23-20(26-21)14-25-19-12-8-16(9-13-19)15-4-2-1-3-5-15/h1-13H,14H2. The maximum absolute atomic E-state index is 5.85. The predicted molar refractivity (Wildman–Crippen MR) is 109 cm³/mol. The second-order valence-corrected chi connectivity index (χ2v) is 7.66. The van der Waals surface area contributed by atoms with Crippen LogP contribution in [0.3, 0.4) is 0 Å². The van der Waals surface area contributed by atoms with Crippen molar-refractivity contribution in [3.63, 3.8) is 0 Å². The zero-order valence-electron chi connectivity index (χ0n) is 13.8. The molecule has 4 aromatic rings. The summed E-state index contributed by atoms with van der Waals surface area (Å²) in [6.45, 7) is 0.416. The highest BCUT2D eigenvalue weighted by Gasteiger charge is 2.07. The van der Waals surface area contributed by atoms with Crippen LogP contribution in [-0.2, 0) is 6.61 Å². The quantitative estimate of drug-likeness (QED) is 0.383. The summed E-state index contributed by atoms with van der Waals surface area (Å²) in [6.07, 6.45) is 0. The third-order valence-electron chi connectivity index (χ3n) is 3.88. The van der Waals surface area contributed by atoms with Gasteiger partial charge in [-0.25, -0.2) is 0 Å². The Balaban J connectivity index is 1.41. The van der Waals surface area contributed by atoms with Gasteiger partial charge in [0.2, 0.25) is 0 Å². The molecule has 0 amide bonds. The average Bonchev–Trinajstić information content (AvgIpc) is 3.17. The molecular formula is C21H15BrN2OS. The molecule has 0 aliphatic heterocycles. The molecule has 0 saturated heterocycles. The van der Waals surface area contributed by atoms with Crippen molar-refractivity contribution in [2.45, 2.75) is 6.61 Å². The van der Waals surface area contributed by atoms with Crippen LogP contribution >= 0.6 is 27.3 Å². The first-order chi connectivity index (χ1) is 12.8. The molecule has 0 N–H and O–H groups in total. The Bertz CT molecular complexity index is 983. The monoisotopic (exact) mass is 422 g/mol. The molecule has 128 valence electrons. The highest BCUT2D eigenvalue weighted by atomic mass is 79.9. The Morgan fingerprint density at radius 1 is 0.731 bits per heavy atom. The van der Waals surface area contributed by atoms with Crippen molar-refractivity contribution in [1.82, 2.24) is 10.2 Å². The van der Waals surface area contributed by atoms with Gasteiger partial charge in [-0.3, -0.25) is 0 Å². The normalized spacial score (nSPS) is 10.7. The van der Waals surface area contributed by atoms with Crippen LogP contribution in [0.25, 0.3) is 21.7 Å². The fraction of sp³-hybridized carbons (Fsp3) is 0.0476. The minimum Gasteiger partial charge on any atom is -0.486 e. The zero-order chi connectivity index (χ0) is 17.8. The molecule has 4 rings (SSSR count). The summed E-state index contributed by atoms with van der Waals surface area (Å²) in [7, 11) is 0. The van der Waals surface area contributed by atoms with E-state index in [1.54, 1.807) is 11.3 Å². The van der Waals surface area contributed by atoms with Crippen molar-refractivity contribution in [3.05, 3.63) is 88.3 Å². The van der Waals surface area contributed by atoms with Gasteiger partial charge in [0.25, 0.3) is 0 Å². The molecule has 1 heterocycles. The van der Waals surface area contributed by atoms with Crippen LogP contribution in [-0.4, -0.2) is 10.2 Å². The van der Waals surface area contributed by atoms with E-state index in [0.29, 0.717) is 6.61 Å². The SMILES string of the molecule is Brc1ccc(-c2nnc(COc3ccc(-c4ccccc4)cc3)s2)cc1. The van der Waals surface area contributed by atoms with Crippen molar-refractivity contribution in [2.24, 2.45) is 0 Å². The second-order valence-electron chi connectivity index (χ2n) is 5.69. The van der Waals surface area contributed by atoms with Gasteiger partial charge < -0.3 is 4.74 Å². The van der Waals surface area contributed by atoms with Crippen LogP contribution in [0.1, 0.15) is 5.01 Å². The minimum absolute atomic E-state index is 0.416. The summed E-state index contributed by atoms with van der Waals surface area (Å²) in [5.41, 5.74) is 3.43. The van der Waals surface area contributed by atoms with Crippen LogP contribution in [0.5, 0.6) is 5.75 Å². The second kappa shape index (κ2) is 7.81. The Hall–Kier alpha value is -2.50. The number of aromatic nitrogens is 2. The topological polar surface area (TPSA) is 35.0 Å². The van der Waals surface area contributed by atoms with E-state index in [2.05, 4.69) is 50.4 Å². The zero-order valence-corrected chi connectivity index (χ0v) is 16.2. The van der Waals surface area contributed by atoms with Crippen molar-refractivity contribution >= 4 is 27.3 Å². The Morgan fingerprint density at radius 3 is 2.12 bits per heavy atom. The fourth-order valence-electron chi connectivity index (χ4n) is 2.54. The number of ether oxygens (including phenoxy) is 1. The molecule has 0 bridgehead atoms. The van der Waals surface area contributed by atoms with E-state index >= 15 is 0 Å². The first kappa shape index (κ1) is 16.9. The Labute approximate surface area is 164 Å². The highest BCUT2D eigenvalue weighted by molar-refractivity contribution is 9.10. The smallest absolute Gasteiger partial charge is 0.155 e. The lowest BCUT2D eigenvalue weighted by atomic mass is 10.1. The molecule has 0 aliphatic rings. The maximum atomic E-state index is 5.85. The van der Waals surface area contributed by atoms with Crippen LogP contribution < -0.4 is 4.74 Å². The van der Waals surface area contributed by atoms with E-state index in [4.69, 9.17) is 4.74 Å². The van der Waals surface area contributed by atoms with E-state index in [0.717, 1.165) is 25.8 Å². The van der Waals surface area contributed by atoms with Crippen molar-refractivity contribution in [3.8, 4) is 27.4 Å². The minimum atomic E-state index is 0.416. The third-order valence-corrected chi connectivity index (χ3v) is 5.36. The number of rotatable bonds is 5. The lowest BCUT2D eigenvalue weighted by Crippen LogP contribution is -1.94. The lowest BCUT2D eigenvalue weighted by Gasteiger charge is -2.05. The predicted octanol–water partition coefficient (Wildman–Crippen LogP) is 6.21. The molecule has 0 aliphatic carbocycles. The van der Waals surface area contributed by atoms with Gasteiger partial charge in [-0.05, 0) is 35.4 Å². The molecule has 0 radical (unpaired) electrons. The fourth-order valence-corrected chi connectivity index (χ4v) is 3.56. The van der Waals surface area contributed by atoms with Gasteiger partial charge in [0.1, 0.15) is 17.4 Å². The van der Waals surface area contributed by atoms with Gasteiger partial charge in [-0.2, -0.15) is 0 Å². The molecule has 3 aromatic carbocycles. The first-order valence-corrected chi connectivity index (χ1v) is 9.75. The maximum Gasteiger partial charge on any atom is 0.155 e. The van der Waals surface area contributed by atoms with Crippen molar-refractivity contribution in [2.75, 3.05) is 0 Å². The van der Waals surface area contributed by atoms with Gasteiger partial charge in [-0.1, -0.05) is 81.9 Å².